The molecule has 2 unspecified atom stereocenters. The third-order valence-electron chi connectivity index (χ3n) is 3.26. The summed E-state index contributed by atoms with van der Waals surface area (Å²) in [5, 5.41) is 15.7. The van der Waals surface area contributed by atoms with Crippen LogP contribution in [-0.4, -0.2) is 60.3 Å². The van der Waals surface area contributed by atoms with E-state index in [2.05, 4.69) is 17.6 Å². The number of likely N-dealkylation sites (N-methyl/N-ethyl adjacent to an activating group) is 1. The van der Waals surface area contributed by atoms with Crippen LogP contribution >= 0.6 is 0 Å². The van der Waals surface area contributed by atoms with Gasteiger partial charge in [-0.2, -0.15) is 0 Å². The molecule has 0 saturated carbocycles. The molecular weight excluding hydrogens is 206 g/mol. The number of hydrogen-bond donors (Lipinski definition) is 3. The van der Waals surface area contributed by atoms with Crippen molar-refractivity contribution in [3.63, 3.8) is 0 Å². The number of rotatable bonds is 3. The highest BCUT2D eigenvalue weighted by molar-refractivity contribution is 5.82. The summed E-state index contributed by atoms with van der Waals surface area (Å²) in [7, 11) is 1.73. The van der Waals surface area contributed by atoms with Gasteiger partial charge in [-0.05, 0) is 20.8 Å². The fraction of sp³-hybridized carbons (Fsp3) is 0.909. The van der Waals surface area contributed by atoms with Crippen LogP contribution in [0.1, 0.15) is 20.8 Å². The number of aliphatic hydroxyl groups is 1. The van der Waals surface area contributed by atoms with Crippen molar-refractivity contribution in [2.75, 3.05) is 26.7 Å². The second kappa shape index (κ2) is 5.12. The molecule has 16 heavy (non-hydrogen) atoms. The van der Waals surface area contributed by atoms with Gasteiger partial charge < -0.3 is 20.6 Å². The Morgan fingerprint density at radius 2 is 2.06 bits per heavy atom. The normalized spacial score (nSPS) is 26.6. The Morgan fingerprint density at radius 1 is 1.44 bits per heavy atom. The fourth-order valence-electron chi connectivity index (χ4n) is 1.60. The molecule has 0 aromatic heterocycles. The van der Waals surface area contributed by atoms with E-state index in [1.165, 1.54) is 0 Å². The number of nitrogens with one attached hydrogen (secondary N) is 2. The SMILES string of the molecule is CC1CNC(C(=O)N(C)C(C)(C)CO)CN1. The summed E-state index contributed by atoms with van der Waals surface area (Å²) in [5.74, 6) is 0.0263. The van der Waals surface area contributed by atoms with Crippen LogP contribution in [0.15, 0.2) is 0 Å². The molecule has 0 aromatic rings. The molecule has 1 rings (SSSR count). The van der Waals surface area contributed by atoms with Crippen molar-refractivity contribution in [2.45, 2.75) is 38.4 Å². The number of carbonyl (C=O) groups is 1. The predicted molar refractivity (Wildman–Crippen MR) is 63.2 cm³/mol. The Hall–Kier alpha value is -0.650. The first-order valence-corrected chi connectivity index (χ1v) is 5.74. The standard InChI is InChI=1S/C11H23N3O2/c1-8-5-13-9(6-12-8)10(16)14(4)11(2,3)7-15/h8-9,12-13,15H,5-7H2,1-4H3. The lowest BCUT2D eigenvalue weighted by Crippen LogP contribution is -2.62. The predicted octanol–water partition coefficient (Wildman–Crippen LogP) is -0.834. The molecule has 94 valence electrons. The largest absolute Gasteiger partial charge is 0.394 e. The Labute approximate surface area is 97.2 Å². The minimum atomic E-state index is -0.512. The maximum absolute atomic E-state index is 12.1. The molecule has 5 nitrogen and oxygen atoms in total. The van der Waals surface area contributed by atoms with Crippen molar-refractivity contribution in [1.29, 1.82) is 0 Å². The molecule has 1 heterocycles. The molecule has 1 aliphatic rings. The van der Waals surface area contributed by atoms with E-state index in [1.807, 2.05) is 13.8 Å². The average molecular weight is 229 g/mol. The summed E-state index contributed by atoms with van der Waals surface area (Å²) < 4.78 is 0. The van der Waals surface area contributed by atoms with Gasteiger partial charge in [0.2, 0.25) is 5.91 Å². The van der Waals surface area contributed by atoms with Gasteiger partial charge in [-0.3, -0.25) is 4.79 Å². The van der Waals surface area contributed by atoms with Crippen molar-refractivity contribution in [3.05, 3.63) is 0 Å². The zero-order chi connectivity index (χ0) is 12.3. The van der Waals surface area contributed by atoms with Crippen LogP contribution in [0.2, 0.25) is 0 Å². The van der Waals surface area contributed by atoms with Gasteiger partial charge in [-0.1, -0.05) is 0 Å². The Kier molecular flexibility index (Phi) is 4.29. The van der Waals surface area contributed by atoms with Crippen molar-refractivity contribution in [2.24, 2.45) is 0 Å². The minimum Gasteiger partial charge on any atom is -0.394 e. The Morgan fingerprint density at radius 3 is 2.50 bits per heavy atom. The van der Waals surface area contributed by atoms with Crippen LogP contribution in [0, 0.1) is 0 Å². The van der Waals surface area contributed by atoms with Gasteiger partial charge in [0.25, 0.3) is 0 Å². The molecule has 0 aliphatic carbocycles. The topological polar surface area (TPSA) is 64.6 Å². The first-order valence-electron chi connectivity index (χ1n) is 5.74. The molecule has 0 bridgehead atoms. The van der Waals surface area contributed by atoms with Crippen molar-refractivity contribution < 1.29 is 9.90 Å². The highest BCUT2D eigenvalue weighted by atomic mass is 16.3. The van der Waals surface area contributed by atoms with E-state index in [-0.39, 0.29) is 18.6 Å². The molecule has 1 aliphatic heterocycles. The molecule has 1 amide bonds. The summed E-state index contributed by atoms with van der Waals surface area (Å²) in [6.45, 7) is 7.18. The molecule has 1 saturated heterocycles. The number of piperazine rings is 1. The lowest BCUT2D eigenvalue weighted by Gasteiger charge is -2.38. The van der Waals surface area contributed by atoms with Crippen molar-refractivity contribution >= 4 is 5.91 Å². The number of carbonyl (C=O) groups excluding carboxylic acids is 1. The van der Waals surface area contributed by atoms with Crippen LogP contribution in [0.3, 0.4) is 0 Å². The van der Waals surface area contributed by atoms with E-state index in [0.717, 1.165) is 6.54 Å². The Bertz CT molecular complexity index is 248. The molecule has 3 N–H and O–H groups in total. The van der Waals surface area contributed by atoms with Crippen LogP contribution in [0.5, 0.6) is 0 Å². The van der Waals surface area contributed by atoms with Crippen molar-refractivity contribution in [3.8, 4) is 0 Å². The van der Waals surface area contributed by atoms with Crippen LogP contribution < -0.4 is 10.6 Å². The van der Waals surface area contributed by atoms with E-state index >= 15 is 0 Å². The van der Waals surface area contributed by atoms with Gasteiger partial charge in [0.1, 0.15) is 0 Å². The summed E-state index contributed by atoms with van der Waals surface area (Å²) in [5.41, 5.74) is -0.512. The maximum atomic E-state index is 12.1. The third-order valence-corrected chi connectivity index (χ3v) is 3.26. The highest BCUT2D eigenvalue weighted by Gasteiger charge is 2.32. The van der Waals surface area contributed by atoms with E-state index in [9.17, 15) is 9.90 Å². The smallest absolute Gasteiger partial charge is 0.241 e. The summed E-state index contributed by atoms with van der Waals surface area (Å²) in [6.07, 6.45) is 0. The highest BCUT2D eigenvalue weighted by Crippen LogP contribution is 2.12. The van der Waals surface area contributed by atoms with E-state index in [0.29, 0.717) is 12.6 Å². The number of aliphatic hydroxyl groups excluding tert-OH is 1. The summed E-state index contributed by atoms with van der Waals surface area (Å²) >= 11 is 0. The molecule has 1 fully saturated rings. The van der Waals surface area contributed by atoms with Gasteiger partial charge >= 0.3 is 0 Å². The van der Waals surface area contributed by atoms with Gasteiger partial charge in [0.05, 0.1) is 18.2 Å². The van der Waals surface area contributed by atoms with Crippen LogP contribution in [0.4, 0.5) is 0 Å². The van der Waals surface area contributed by atoms with E-state index < -0.39 is 5.54 Å². The first kappa shape index (κ1) is 13.4. The van der Waals surface area contributed by atoms with Crippen LogP contribution in [-0.2, 0) is 4.79 Å². The zero-order valence-corrected chi connectivity index (χ0v) is 10.6. The first-order chi connectivity index (χ1) is 7.38. The minimum absolute atomic E-state index is 0.0263. The quantitative estimate of drug-likeness (QED) is 0.591. The van der Waals surface area contributed by atoms with Gasteiger partial charge in [-0.25, -0.2) is 0 Å². The van der Waals surface area contributed by atoms with Crippen molar-refractivity contribution in [1.82, 2.24) is 15.5 Å². The van der Waals surface area contributed by atoms with Gasteiger partial charge in [-0.15, -0.1) is 0 Å². The zero-order valence-electron chi connectivity index (χ0n) is 10.6. The average Bonchev–Trinajstić information content (AvgIpc) is 2.28. The number of nitrogens with zero attached hydrogens (tertiary/aromatic N) is 1. The summed E-state index contributed by atoms with van der Waals surface area (Å²) in [6, 6.07) is 0.215. The molecule has 2 atom stereocenters. The molecular formula is C11H23N3O2. The molecule has 0 aromatic carbocycles. The monoisotopic (exact) mass is 229 g/mol. The second-order valence-corrected chi connectivity index (χ2v) is 5.14. The van der Waals surface area contributed by atoms with Gasteiger partial charge in [0, 0.05) is 26.2 Å². The van der Waals surface area contributed by atoms with E-state index in [4.69, 9.17) is 0 Å². The molecule has 5 heteroatoms. The lowest BCUT2D eigenvalue weighted by atomic mass is 10.0. The number of hydrogen-bond acceptors (Lipinski definition) is 4. The summed E-state index contributed by atoms with van der Waals surface area (Å²) in [4.78, 5) is 13.7. The van der Waals surface area contributed by atoms with E-state index in [1.54, 1.807) is 11.9 Å². The number of amides is 1. The molecule has 0 radical (unpaired) electrons. The van der Waals surface area contributed by atoms with Crippen LogP contribution in [0.25, 0.3) is 0 Å². The third kappa shape index (κ3) is 2.93. The van der Waals surface area contributed by atoms with Gasteiger partial charge in [0.15, 0.2) is 0 Å². The maximum Gasteiger partial charge on any atom is 0.241 e. The molecule has 0 spiro atoms. The Balaban J connectivity index is 2.57. The second-order valence-electron chi connectivity index (χ2n) is 5.14. The fourth-order valence-corrected chi connectivity index (χ4v) is 1.60. The lowest BCUT2D eigenvalue weighted by molar-refractivity contribution is -0.138.